The molecule has 1 N–H and O–H groups in total. The molecule has 0 bridgehead atoms. The van der Waals surface area contributed by atoms with Gasteiger partial charge in [-0.05, 0) is 31.6 Å². The van der Waals surface area contributed by atoms with Gasteiger partial charge in [0, 0.05) is 19.8 Å². The minimum absolute atomic E-state index is 0.171. The van der Waals surface area contributed by atoms with Crippen LogP contribution in [0, 0.1) is 11.3 Å². The molecule has 1 saturated heterocycles. The number of ether oxygens (including phenoxy) is 2. The van der Waals surface area contributed by atoms with Crippen LogP contribution in [-0.2, 0) is 19.1 Å². The van der Waals surface area contributed by atoms with Crippen molar-refractivity contribution in [2.24, 2.45) is 11.3 Å². The summed E-state index contributed by atoms with van der Waals surface area (Å²) in [4.78, 5) is 23.4. The van der Waals surface area contributed by atoms with E-state index in [-0.39, 0.29) is 5.91 Å². The lowest BCUT2D eigenvalue weighted by molar-refractivity contribution is -0.152. The number of rotatable bonds is 4. The molecule has 1 aliphatic heterocycles. The van der Waals surface area contributed by atoms with Crippen LogP contribution >= 0.6 is 0 Å². The molecule has 2 fully saturated rings. The van der Waals surface area contributed by atoms with E-state index >= 15 is 0 Å². The smallest absolute Gasteiger partial charge is 0.321 e. The molecule has 0 aromatic rings. The van der Waals surface area contributed by atoms with Gasteiger partial charge in [-0.25, -0.2) is 0 Å². The van der Waals surface area contributed by atoms with Crippen LogP contribution in [0.5, 0.6) is 0 Å². The van der Waals surface area contributed by atoms with Crippen LogP contribution in [0.25, 0.3) is 0 Å². The first-order valence-corrected chi connectivity index (χ1v) is 6.13. The zero-order chi connectivity index (χ0) is 12.3. The van der Waals surface area contributed by atoms with Crippen LogP contribution in [0.2, 0.25) is 0 Å². The number of hydrogen-bond donors (Lipinski definition) is 1. The fourth-order valence-electron chi connectivity index (χ4n) is 2.20. The second-order valence-corrected chi connectivity index (χ2v) is 4.84. The maximum atomic E-state index is 11.9. The topological polar surface area (TPSA) is 64.6 Å². The summed E-state index contributed by atoms with van der Waals surface area (Å²) in [6.07, 6.45) is 3.18. The Morgan fingerprint density at radius 1 is 1.35 bits per heavy atom. The number of esters is 1. The van der Waals surface area contributed by atoms with Gasteiger partial charge in [0.05, 0.1) is 7.11 Å². The second-order valence-electron chi connectivity index (χ2n) is 4.84. The summed E-state index contributed by atoms with van der Waals surface area (Å²) < 4.78 is 9.93. The monoisotopic (exact) mass is 241 g/mol. The van der Waals surface area contributed by atoms with Gasteiger partial charge in [0.25, 0.3) is 0 Å². The molecule has 1 aliphatic carbocycles. The Bertz CT molecular complexity index is 306. The van der Waals surface area contributed by atoms with Crippen molar-refractivity contribution in [1.82, 2.24) is 5.32 Å². The third-order valence-corrected chi connectivity index (χ3v) is 3.65. The molecule has 1 heterocycles. The summed E-state index contributed by atoms with van der Waals surface area (Å²) >= 11 is 0. The number of amides is 1. The lowest BCUT2D eigenvalue weighted by atomic mass is 9.99. The molecule has 0 aromatic carbocycles. The van der Waals surface area contributed by atoms with E-state index in [2.05, 4.69) is 10.1 Å². The highest BCUT2D eigenvalue weighted by atomic mass is 16.5. The van der Waals surface area contributed by atoms with Crippen molar-refractivity contribution in [1.29, 1.82) is 0 Å². The first kappa shape index (κ1) is 12.4. The summed E-state index contributed by atoms with van der Waals surface area (Å²) in [5.41, 5.74) is -0.875. The SMILES string of the molecule is COC(=O)C1(C(=O)NCC2CCOCC2)CC1. The summed E-state index contributed by atoms with van der Waals surface area (Å²) in [6, 6.07) is 0. The number of methoxy groups -OCH3 is 1. The fraction of sp³-hybridized carbons (Fsp3) is 0.833. The molecule has 0 unspecified atom stereocenters. The summed E-state index contributed by atoms with van der Waals surface area (Å²) in [6.45, 7) is 2.17. The van der Waals surface area contributed by atoms with Crippen molar-refractivity contribution in [3.63, 3.8) is 0 Å². The zero-order valence-electron chi connectivity index (χ0n) is 10.2. The number of carbonyl (C=O) groups excluding carboxylic acids is 2. The Kier molecular flexibility index (Phi) is 3.66. The molecule has 0 spiro atoms. The summed E-state index contributed by atoms with van der Waals surface area (Å²) in [5, 5.41) is 2.88. The van der Waals surface area contributed by atoms with Crippen molar-refractivity contribution in [2.75, 3.05) is 26.9 Å². The largest absolute Gasteiger partial charge is 0.468 e. The van der Waals surface area contributed by atoms with Gasteiger partial charge in [-0.15, -0.1) is 0 Å². The van der Waals surface area contributed by atoms with Crippen molar-refractivity contribution < 1.29 is 19.1 Å². The molecular formula is C12H19NO4. The fourth-order valence-corrected chi connectivity index (χ4v) is 2.20. The molecule has 0 atom stereocenters. The normalized spacial score (nSPS) is 22.9. The van der Waals surface area contributed by atoms with Crippen molar-refractivity contribution in [2.45, 2.75) is 25.7 Å². The van der Waals surface area contributed by atoms with Crippen LogP contribution in [0.4, 0.5) is 0 Å². The quantitative estimate of drug-likeness (QED) is 0.574. The van der Waals surface area contributed by atoms with Gasteiger partial charge in [0.2, 0.25) is 5.91 Å². The van der Waals surface area contributed by atoms with E-state index < -0.39 is 11.4 Å². The Morgan fingerprint density at radius 3 is 2.53 bits per heavy atom. The average Bonchev–Trinajstić information content (AvgIpc) is 3.17. The molecule has 2 aliphatic rings. The van der Waals surface area contributed by atoms with Gasteiger partial charge < -0.3 is 14.8 Å². The number of hydrogen-bond acceptors (Lipinski definition) is 4. The van der Waals surface area contributed by atoms with E-state index in [0.29, 0.717) is 25.3 Å². The van der Waals surface area contributed by atoms with Crippen LogP contribution in [0.1, 0.15) is 25.7 Å². The molecule has 17 heavy (non-hydrogen) atoms. The lowest BCUT2D eigenvalue weighted by Gasteiger charge is -2.23. The van der Waals surface area contributed by atoms with Crippen molar-refractivity contribution in [3.8, 4) is 0 Å². The van der Waals surface area contributed by atoms with Crippen LogP contribution in [0.3, 0.4) is 0 Å². The highest BCUT2D eigenvalue weighted by molar-refractivity contribution is 6.05. The zero-order valence-corrected chi connectivity index (χ0v) is 10.2. The summed E-state index contributed by atoms with van der Waals surface area (Å²) in [5.74, 6) is -0.0982. The van der Waals surface area contributed by atoms with Crippen LogP contribution in [-0.4, -0.2) is 38.7 Å². The van der Waals surface area contributed by atoms with E-state index in [0.717, 1.165) is 26.1 Å². The molecule has 0 radical (unpaired) electrons. The third-order valence-electron chi connectivity index (χ3n) is 3.65. The standard InChI is InChI=1S/C12H19NO4/c1-16-11(15)12(4-5-12)10(14)13-8-9-2-6-17-7-3-9/h9H,2-8H2,1H3,(H,13,14). The van der Waals surface area contributed by atoms with E-state index in [1.807, 2.05) is 0 Å². The summed E-state index contributed by atoms with van der Waals surface area (Å²) in [7, 11) is 1.33. The van der Waals surface area contributed by atoms with Gasteiger partial charge in [-0.2, -0.15) is 0 Å². The molecule has 1 amide bonds. The van der Waals surface area contributed by atoms with Crippen molar-refractivity contribution >= 4 is 11.9 Å². The van der Waals surface area contributed by atoms with Gasteiger partial charge in [0.15, 0.2) is 0 Å². The molecule has 5 heteroatoms. The maximum absolute atomic E-state index is 11.9. The van der Waals surface area contributed by atoms with Gasteiger partial charge in [0.1, 0.15) is 5.41 Å². The third kappa shape index (κ3) is 2.60. The molecule has 5 nitrogen and oxygen atoms in total. The first-order chi connectivity index (χ1) is 8.19. The van der Waals surface area contributed by atoms with Gasteiger partial charge in [-0.1, -0.05) is 0 Å². The van der Waals surface area contributed by atoms with Crippen LogP contribution in [0.15, 0.2) is 0 Å². The van der Waals surface area contributed by atoms with Gasteiger partial charge >= 0.3 is 5.97 Å². The number of nitrogens with one attached hydrogen (secondary N) is 1. The Morgan fingerprint density at radius 2 is 2.00 bits per heavy atom. The first-order valence-electron chi connectivity index (χ1n) is 6.13. The van der Waals surface area contributed by atoms with E-state index in [9.17, 15) is 9.59 Å². The Labute approximate surface area is 101 Å². The predicted octanol–water partition coefficient (Wildman–Crippen LogP) is 0.482. The lowest BCUT2D eigenvalue weighted by Crippen LogP contribution is -2.40. The molecule has 1 saturated carbocycles. The second kappa shape index (κ2) is 5.04. The van der Waals surface area contributed by atoms with E-state index in [1.165, 1.54) is 7.11 Å². The molecular weight excluding hydrogens is 222 g/mol. The maximum Gasteiger partial charge on any atom is 0.321 e. The Hall–Kier alpha value is -1.10. The van der Waals surface area contributed by atoms with Gasteiger partial charge in [-0.3, -0.25) is 9.59 Å². The van der Waals surface area contributed by atoms with Crippen LogP contribution < -0.4 is 5.32 Å². The molecule has 0 aromatic heterocycles. The minimum atomic E-state index is -0.875. The van der Waals surface area contributed by atoms with E-state index in [1.54, 1.807) is 0 Å². The Balaban J connectivity index is 1.79. The highest BCUT2D eigenvalue weighted by Gasteiger charge is 2.57. The predicted molar refractivity (Wildman–Crippen MR) is 60.2 cm³/mol. The average molecular weight is 241 g/mol. The highest BCUT2D eigenvalue weighted by Crippen LogP contribution is 2.46. The minimum Gasteiger partial charge on any atom is -0.468 e. The van der Waals surface area contributed by atoms with E-state index in [4.69, 9.17) is 4.74 Å². The molecule has 2 rings (SSSR count). The molecule has 96 valence electrons. The van der Waals surface area contributed by atoms with Crippen molar-refractivity contribution in [3.05, 3.63) is 0 Å². The number of carbonyl (C=O) groups is 2.